The van der Waals surface area contributed by atoms with Gasteiger partial charge in [-0.05, 0) is 37.6 Å². The maximum Gasteiger partial charge on any atom is 0.334 e. The summed E-state index contributed by atoms with van der Waals surface area (Å²) in [6.07, 6.45) is 4.00. The summed E-state index contributed by atoms with van der Waals surface area (Å²) in [6.45, 7) is 4.49. The average Bonchev–Trinajstić information content (AvgIpc) is 3.45. The van der Waals surface area contributed by atoms with E-state index in [1.807, 2.05) is 13.0 Å². The normalized spacial score (nSPS) is 12.2. The number of benzene rings is 2. The first kappa shape index (κ1) is 29.5. The highest BCUT2D eigenvalue weighted by molar-refractivity contribution is 5.96. The van der Waals surface area contributed by atoms with Gasteiger partial charge in [0.25, 0.3) is 0 Å². The van der Waals surface area contributed by atoms with Crippen molar-refractivity contribution in [2.24, 2.45) is 0 Å². The molecule has 0 aliphatic carbocycles. The van der Waals surface area contributed by atoms with Gasteiger partial charge in [-0.1, -0.05) is 6.92 Å². The Morgan fingerprint density at radius 2 is 1.78 bits per heavy atom. The number of hydrogen-bond acceptors (Lipinski definition) is 11. The van der Waals surface area contributed by atoms with Crippen molar-refractivity contribution in [1.82, 2.24) is 9.97 Å². The molecule has 0 N–H and O–H groups in total. The minimum atomic E-state index is -0.501. The summed E-state index contributed by atoms with van der Waals surface area (Å²) < 4.78 is 44.5. The fourth-order valence-electron chi connectivity index (χ4n) is 4.20. The van der Waals surface area contributed by atoms with Crippen molar-refractivity contribution in [3.05, 3.63) is 53.5 Å². The van der Waals surface area contributed by atoms with Crippen LogP contribution >= 0.6 is 0 Å². The van der Waals surface area contributed by atoms with Gasteiger partial charge >= 0.3 is 5.97 Å². The van der Waals surface area contributed by atoms with E-state index in [-0.39, 0.29) is 26.6 Å². The Bertz CT molecular complexity index is 1390. The van der Waals surface area contributed by atoms with Gasteiger partial charge in [0.2, 0.25) is 12.7 Å². The van der Waals surface area contributed by atoms with Gasteiger partial charge < -0.3 is 37.9 Å². The zero-order valence-electron chi connectivity index (χ0n) is 23.9. The first-order valence-electron chi connectivity index (χ1n) is 13.1. The molecular weight excluding hydrogens is 532 g/mol. The Kier molecular flexibility index (Phi) is 10.2. The van der Waals surface area contributed by atoms with Gasteiger partial charge in [-0.2, -0.15) is 0 Å². The highest BCUT2D eigenvalue weighted by atomic mass is 16.7. The molecule has 1 aromatic heterocycles. The zero-order chi connectivity index (χ0) is 29.2. The van der Waals surface area contributed by atoms with E-state index in [0.29, 0.717) is 69.2 Å². The Labute approximate surface area is 238 Å². The summed E-state index contributed by atoms with van der Waals surface area (Å²) in [6, 6.07) is 8.89. The molecule has 2 heterocycles. The number of aromatic nitrogens is 2. The van der Waals surface area contributed by atoms with Gasteiger partial charge in [0.15, 0.2) is 18.3 Å². The summed E-state index contributed by atoms with van der Waals surface area (Å²) >= 11 is 0. The van der Waals surface area contributed by atoms with Gasteiger partial charge in [0.1, 0.15) is 23.6 Å². The van der Waals surface area contributed by atoms with Crippen molar-refractivity contribution >= 4 is 12.0 Å². The van der Waals surface area contributed by atoms with Gasteiger partial charge in [0.05, 0.1) is 38.7 Å². The second-order valence-electron chi connectivity index (χ2n) is 8.78. The van der Waals surface area contributed by atoms with Crippen molar-refractivity contribution < 1.29 is 42.7 Å². The number of nitrogens with zero attached hydrogens (tertiary/aromatic N) is 2. The number of carbonyl (C=O) groups excluding carboxylic acids is 1. The predicted molar refractivity (Wildman–Crippen MR) is 150 cm³/mol. The molecule has 0 spiro atoms. The molecule has 3 aromatic rings. The standard InChI is InChI=1S/C30H34N2O9/c1-6-10-38-29-28(22-9-8-21(35-4)14-25(22)39-17-34-3)23(31-16-32-29)12-20(30(33)37-7-2)11-19-13-26-27(41-18-40-26)15-24(19)36-5/h8-9,12-16H,6-7,10-11,17-18H2,1-5H3. The first-order valence-corrected chi connectivity index (χ1v) is 13.1. The molecule has 0 saturated carbocycles. The van der Waals surface area contributed by atoms with Gasteiger partial charge in [-0.3, -0.25) is 0 Å². The molecule has 0 amide bonds. The van der Waals surface area contributed by atoms with E-state index in [0.717, 1.165) is 6.42 Å². The fraction of sp³-hybridized carbons (Fsp3) is 0.367. The lowest BCUT2D eigenvalue weighted by atomic mass is 9.98. The number of fused-ring (bicyclic) bond motifs is 1. The lowest BCUT2D eigenvalue weighted by Gasteiger charge is -2.17. The van der Waals surface area contributed by atoms with E-state index in [1.165, 1.54) is 13.4 Å². The molecule has 0 bridgehead atoms. The third kappa shape index (κ3) is 6.98. The van der Waals surface area contributed by atoms with Crippen molar-refractivity contribution in [3.63, 3.8) is 0 Å². The van der Waals surface area contributed by atoms with Crippen LogP contribution in [0, 0.1) is 0 Å². The van der Waals surface area contributed by atoms with Crippen molar-refractivity contribution in [2.45, 2.75) is 26.7 Å². The van der Waals surface area contributed by atoms with Crippen LogP contribution in [0.4, 0.5) is 0 Å². The van der Waals surface area contributed by atoms with Crippen LogP contribution in [0.25, 0.3) is 17.2 Å². The average molecular weight is 567 g/mol. The molecule has 11 nitrogen and oxygen atoms in total. The molecular formula is C30H34N2O9. The largest absolute Gasteiger partial charge is 0.497 e. The maximum atomic E-state index is 13.3. The van der Waals surface area contributed by atoms with Crippen molar-refractivity contribution in [1.29, 1.82) is 0 Å². The third-order valence-corrected chi connectivity index (χ3v) is 6.08. The second kappa shape index (κ2) is 14.2. The number of hydrogen-bond donors (Lipinski definition) is 0. The summed E-state index contributed by atoms with van der Waals surface area (Å²) in [7, 11) is 4.66. The van der Waals surface area contributed by atoms with Crippen LogP contribution in [0.5, 0.6) is 34.6 Å². The molecule has 1 aliphatic rings. The molecule has 4 rings (SSSR count). The number of esters is 1. The van der Waals surface area contributed by atoms with Crippen LogP contribution in [-0.2, 0) is 20.7 Å². The second-order valence-corrected chi connectivity index (χ2v) is 8.78. The minimum absolute atomic E-state index is 0.00215. The lowest BCUT2D eigenvalue weighted by Crippen LogP contribution is -2.11. The SMILES string of the molecule is CCCOc1ncnc(C=C(Cc2cc3c(cc2OC)OCO3)C(=O)OCC)c1-c1ccc(OC)cc1OCOC. The highest BCUT2D eigenvalue weighted by Crippen LogP contribution is 2.41. The zero-order valence-corrected chi connectivity index (χ0v) is 23.9. The fourth-order valence-corrected chi connectivity index (χ4v) is 4.20. The molecule has 1 aliphatic heterocycles. The molecule has 11 heteroatoms. The summed E-state index contributed by atoms with van der Waals surface area (Å²) in [4.78, 5) is 22.2. The van der Waals surface area contributed by atoms with Crippen LogP contribution in [0.2, 0.25) is 0 Å². The Hall–Kier alpha value is -4.51. The molecule has 41 heavy (non-hydrogen) atoms. The number of carbonyl (C=O) groups is 1. The van der Waals surface area contributed by atoms with Gasteiger partial charge in [0, 0.05) is 42.4 Å². The lowest BCUT2D eigenvalue weighted by molar-refractivity contribution is -0.138. The molecule has 2 aromatic carbocycles. The van der Waals surface area contributed by atoms with Crippen molar-refractivity contribution in [2.75, 3.05) is 48.1 Å². The van der Waals surface area contributed by atoms with Crippen LogP contribution in [0.1, 0.15) is 31.5 Å². The van der Waals surface area contributed by atoms with E-state index in [4.69, 9.17) is 37.9 Å². The monoisotopic (exact) mass is 566 g/mol. The van der Waals surface area contributed by atoms with E-state index in [2.05, 4.69) is 9.97 Å². The Morgan fingerprint density at radius 1 is 0.976 bits per heavy atom. The molecule has 0 unspecified atom stereocenters. The summed E-state index contributed by atoms with van der Waals surface area (Å²) in [5.41, 5.74) is 2.64. The predicted octanol–water partition coefficient (Wildman–Crippen LogP) is 4.85. The van der Waals surface area contributed by atoms with Gasteiger partial charge in [-0.25, -0.2) is 14.8 Å². The van der Waals surface area contributed by atoms with E-state index < -0.39 is 5.97 Å². The molecule has 0 saturated heterocycles. The van der Waals surface area contributed by atoms with Gasteiger partial charge in [-0.15, -0.1) is 0 Å². The Morgan fingerprint density at radius 3 is 2.49 bits per heavy atom. The molecule has 0 radical (unpaired) electrons. The summed E-state index contributed by atoms with van der Waals surface area (Å²) in [5.74, 6) is 2.58. The number of methoxy groups -OCH3 is 3. The smallest absolute Gasteiger partial charge is 0.334 e. The van der Waals surface area contributed by atoms with Crippen molar-refractivity contribution in [3.8, 4) is 45.8 Å². The van der Waals surface area contributed by atoms with E-state index in [1.54, 1.807) is 51.5 Å². The van der Waals surface area contributed by atoms with Crippen LogP contribution in [0.15, 0.2) is 42.2 Å². The Balaban J connectivity index is 1.88. The molecule has 0 fully saturated rings. The van der Waals surface area contributed by atoms with E-state index in [9.17, 15) is 4.79 Å². The first-order chi connectivity index (χ1) is 20.0. The van der Waals surface area contributed by atoms with Crippen LogP contribution in [-0.4, -0.2) is 64.1 Å². The quantitative estimate of drug-likeness (QED) is 0.151. The number of ether oxygens (including phenoxy) is 8. The van der Waals surface area contributed by atoms with Crippen LogP contribution < -0.4 is 28.4 Å². The summed E-state index contributed by atoms with van der Waals surface area (Å²) in [5, 5.41) is 0. The molecule has 0 atom stereocenters. The third-order valence-electron chi connectivity index (χ3n) is 6.08. The topological polar surface area (TPSA) is 117 Å². The van der Waals surface area contributed by atoms with Crippen LogP contribution in [0.3, 0.4) is 0 Å². The number of rotatable bonds is 14. The highest BCUT2D eigenvalue weighted by Gasteiger charge is 2.24. The maximum absolute atomic E-state index is 13.3. The van der Waals surface area contributed by atoms with E-state index >= 15 is 0 Å². The minimum Gasteiger partial charge on any atom is -0.497 e. The molecule has 218 valence electrons.